The van der Waals surface area contributed by atoms with Crippen LogP contribution in [0.4, 0.5) is 4.79 Å². The maximum Gasteiger partial charge on any atom is 0.407 e. The number of ether oxygens (including phenoxy) is 1. The lowest BCUT2D eigenvalue weighted by Crippen LogP contribution is -2.41. The third kappa shape index (κ3) is 4.78. The first kappa shape index (κ1) is 20.9. The summed E-state index contributed by atoms with van der Waals surface area (Å²) in [5.41, 5.74) is 4.58. The molecule has 0 heterocycles. The van der Waals surface area contributed by atoms with Crippen LogP contribution in [-0.2, 0) is 9.53 Å². The molecule has 1 aliphatic rings. The summed E-state index contributed by atoms with van der Waals surface area (Å²) in [7, 11) is 0. The molecule has 1 amide bonds. The minimum Gasteiger partial charge on any atom is -0.480 e. The van der Waals surface area contributed by atoms with E-state index in [1.165, 1.54) is 0 Å². The van der Waals surface area contributed by atoms with Gasteiger partial charge < -0.3 is 15.2 Å². The minimum absolute atomic E-state index is 0.0407. The summed E-state index contributed by atoms with van der Waals surface area (Å²) in [6.07, 6.45) is 2.52. The Bertz CT molecular complexity index is 814. The van der Waals surface area contributed by atoms with Gasteiger partial charge in [0.1, 0.15) is 12.6 Å². The van der Waals surface area contributed by atoms with E-state index < -0.39 is 18.1 Å². The summed E-state index contributed by atoms with van der Waals surface area (Å²) in [6.45, 7) is 4.38. The highest BCUT2D eigenvalue weighted by atomic mass is 16.5. The van der Waals surface area contributed by atoms with Crippen molar-refractivity contribution in [3.63, 3.8) is 0 Å². The third-order valence-electron chi connectivity index (χ3n) is 5.95. The Balaban J connectivity index is 1.62. The number of carboxylic acids is 1. The lowest BCUT2D eigenvalue weighted by atomic mass is 9.95. The molecule has 5 heteroatoms. The molecule has 5 nitrogen and oxygen atoms in total. The summed E-state index contributed by atoms with van der Waals surface area (Å²) in [6, 6.07) is 15.3. The van der Waals surface area contributed by atoms with Gasteiger partial charge in [-0.05, 0) is 41.0 Å². The molecule has 1 aliphatic carbocycles. The fourth-order valence-electron chi connectivity index (χ4n) is 4.14. The molecule has 2 N–H and O–H groups in total. The molecule has 0 fully saturated rings. The predicted molar refractivity (Wildman–Crippen MR) is 113 cm³/mol. The smallest absolute Gasteiger partial charge is 0.407 e. The third-order valence-corrected chi connectivity index (χ3v) is 5.95. The van der Waals surface area contributed by atoms with Crippen molar-refractivity contribution in [3.8, 4) is 11.1 Å². The van der Waals surface area contributed by atoms with Crippen molar-refractivity contribution in [1.82, 2.24) is 5.32 Å². The highest BCUT2D eigenvalue weighted by Gasteiger charge is 2.29. The molecule has 2 aromatic carbocycles. The first-order chi connectivity index (χ1) is 14.0. The first-order valence-electron chi connectivity index (χ1n) is 10.4. The van der Waals surface area contributed by atoms with Gasteiger partial charge in [-0.1, -0.05) is 75.2 Å². The number of alkyl carbamates (subject to hydrolysis) is 1. The lowest BCUT2D eigenvalue weighted by Gasteiger charge is -2.19. The molecule has 0 saturated carbocycles. The van der Waals surface area contributed by atoms with Gasteiger partial charge >= 0.3 is 12.1 Å². The topological polar surface area (TPSA) is 75.6 Å². The fraction of sp³-hybridized carbons (Fsp3) is 0.417. The van der Waals surface area contributed by atoms with Crippen LogP contribution >= 0.6 is 0 Å². The number of carboxylic acid groups (broad SMARTS) is 1. The highest BCUT2D eigenvalue weighted by Crippen LogP contribution is 2.44. The Kier molecular flexibility index (Phi) is 6.91. The Morgan fingerprint density at radius 2 is 1.52 bits per heavy atom. The molecule has 1 atom stereocenters. The van der Waals surface area contributed by atoms with Gasteiger partial charge in [0.2, 0.25) is 0 Å². The molecule has 29 heavy (non-hydrogen) atoms. The van der Waals surface area contributed by atoms with E-state index in [1.807, 2.05) is 24.3 Å². The second-order valence-corrected chi connectivity index (χ2v) is 7.62. The number of hydrogen-bond donors (Lipinski definition) is 2. The van der Waals surface area contributed by atoms with E-state index in [4.69, 9.17) is 4.74 Å². The van der Waals surface area contributed by atoms with Gasteiger partial charge in [0.25, 0.3) is 0 Å². The molecule has 0 bridgehead atoms. The van der Waals surface area contributed by atoms with Crippen LogP contribution in [0, 0.1) is 5.92 Å². The highest BCUT2D eigenvalue weighted by molar-refractivity contribution is 5.81. The number of nitrogens with one attached hydrogen (secondary N) is 1. The van der Waals surface area contributed by atoms with Crippen molar-refractivity contribution in [2.75, 3.05) is 6.61 Å². The number of hydrogen-bond acceptors (Lipinski definition) is 3. The number of carbonyl (C=O) groups excluding carboxylic acids is 1. The monoisotopic (exact) mass is 395 g/mol. The largest absolute Gasteiger partial charge is 0.480 e. The van der Waals surface area contributed by atoms with Crippen LogP contribution in [0.25, 0.3) is 11.1 Å². The van der Waals surface area contributed by atoms with E-state index in [1.54, 1.807) is 0 Å². The van der Waals surface area contributed by atoms with Gasteiger partial charge in [-0.3, -0.25) is 0 Å². The molecule has 2 aromatic rings. The van der Waals surface area contributed by atoms with E-state index in [0.717, 1.165) is 41.5 Å². The van der Waals surface area contributed by atoms with Gasteiger partial charge in [-0.2, -0.15) is 0 Å². The number of aliphatic carboxylic acids is 1. The van der Waals surface area contributed by atoms with Gasteiger partial charge in [0, 0.05) is 5.92 Å². The molecule has 154 valence electrons. The standard InChI is InChI=1S/C24H29NO4/c1-3-16(4-2)13-14-22(23(26)27)25-24(28)29-15-21-19-11-7-5-9-17(19)18-10-6-8-12-20(18)21/h5-12,16,21-22H,3-4,13-15H2,1-2H3,(H,25,28)(H,26,27)/t22-/m0/s1. The number of fused-ring (bicyclic) bond motifs is 3. The molecular formula is C24H29NO4. The van der Waals surface area contributed by atoms with E-state index in [9.17, 15) is 14.7 Å². The second-order valence-electron chi connectivity index (χ2n) is 7.62. The fourth-order valence-corrected chi connectivity index (χ4v) is 4.14. The molecule has 0 spiro atoms. The summed E-state index contributed by atoms with van der Waals surface area (Å²) in [4.78, 5) is 23.9. The first-order valence-corrected chi connectivity index (χ1v) is 10.4. The molecule has 3 rings (SSSR count). The minimum atomic E-state index is -1.02. The van der Waals surface area contributed by atoms with E-state index in [-0.39, 0.29) is 12.5 Å². The average Bonchev–Trinajstić information content (AvgIpc) is 3.06. The number of rotatable bonds is 9. The molecule has 0 aliphatic heterocycles. The number of amides is 1. The lowest BCUT2D eigenvalue weighted by molar-refractivity contribution is -0.139. The van der Waals surface area contributed by atoms with E-state index in [2.05, 4.69) is 43.4 Å². The maximum absolute atomic E-state index is 12.3. The Morgan fingerprint density at radius 3 is 2.03 bits per heavy atom. The zero-order valence-electron chi connectivity index (χ0n) is 17.1. The molecule has 0 radical (unpaired) electrons. The zero-order chi connectivity index (χ0) is 20.8. The summed E-state index contributed by atoms with van der Waals surface area (Å²) >= 11 is 0. The van der Waals surface area contributed by atoms with E-state index in [0.29, 0.717) is 12.3 Å². The molecular weight excluding hydrogens is 366 g/mol. The Hall–Kier alpha value is -2.82. The predicted octanol–water partition coefficient (Wildman–Crippen LogP) is 5.19. The van der Waals surface area contributed by atoms with Crippen molar-refractivity contribution in [2.45, 2.75) is 51.5 Å². The Morgan fingerprint density at radius 1 is 0.966 bits per heavy atom. The van der Waals surface area contributed by atoms with Crippen LogP contribution in [0.5, 0.6) is 0 Å². The van der Waals surface area contributed by atoms with Crippen molar-refractivity contribution in [3.05, 3.63) is 59.7 Å². The van der Waals surface area contributed by atoms with Crippen LogP contribution in [0.15, 0.2) is 48.5 Å². The van der Waals surface area contributed by atoms with Crippen molar-refractivity contribution >= 4 is 12.1 Å². The number of benzene rings is 2. The maximum atomic E-state index is 12.3. The number of carbonyl (C=O) groups is 2. The van der Waals surface area contributed by atoms with Crippen molar-refractivity contribution in [2.24, 2.45) is 5.92 Å². The quantitative estimate of drug-likeness (QED) is 0.612. The second kappa shape index (κ2) is 9.59. The van der Waals surface area contributed by atoms with Crippen LogP contribution in [0.1, 0.15) is 56.6 Å². The normalized spacial score (nSPS) is 13.6. The van der Waals surface area contributed by atoms with Gasteiger partial charge in [0.15, 0.2) is 0 Å². The van der Waals surface area contributed by atoms with Crippen LogP contribution in [-0.4, -0.2) is 29.8 Å². The van der Waals surface area contributed by atoms with Gasteiger partial charge in [0.05, 0.1) is 0 Å². The summed E-state index contributed by atoms with van der Waals surface area (Å²) in [5.74, 6) is -0.591. The van der Waals surface area contributed by atoms with E-state index >= 15 is 0 Å². The Labute approximate surface area is 172 Å². The summed E-state index contributed by atoms with van der Waals surface area (Å²) < 4.78 is 5.47. The van der Waals surface area contributed by atoms with Gasteiger partial charge in [-0.15, -0.1) is 0 Å². The van der Waals surface area contributed by atoms with Gasteiger partial charge in [-0.25, -0.2) is 9.59 Å². The average molecular weight is 395 g/mol. The molecule has 0 aromatic heterocycles. The SMILES string of the molecule is CCC(CC)CC[C@H](NC(=O)OCC1c2ccccc2-c2ccccc21)C(=O)O. The van der Waals surface area contributed by atoms with Crippen molar-refractivity contribution < 1.29 is 19.4 Å². The van der Waals surface area contributed by atoms with Crippen molar-refractivity contribution in [1.29, 1.82) is 0 Å². The van der Waals surface area contributed by atoms with Crippen LogP contribution in [0.2, 0.25) is 0 Å². The molecule has 0 unspecified atom stereocenters. The van der Waals surface area contributed by atoms with Crippen LogP contribution < -0.4 is 5.32 Å². The molecule has 0 saturated heterocycles. The van der Waals surface area contributed by atoms with Crippen LogP contribution in [0.3, 0.4) is 0 Å². The zero-order valence-corrected chi connectivity index (χ0v) is 17.1. The summed E-state index contributed by atoms with van der Waals surface area (Å²) in [5, 5.41) is 12.0.